The highest BCUT2D eigenvalue weighted by molar-refractivity contribution is 6.74. The van der Waals surface area contributed by atoms with Crippen molar-refractivity contribution in [2.24, 2.45) is 0 Å². The van der Waals surface area contributed by atoms with E-state index >= 15 is 0 Å². The molecule has 2 N–H and O–H groups in total. The number of ether oxygens (including phenoxy) is 2. The first-order valence-corrected chi connectivity index (χ1v) is 15.5. The van der Waals surface area contributed by atoms with Crippen molar-refractivity contribution in [1.29, 1.82) is 0 Å². The molecule has 1 aromatic carbocycles. The lowest BCUT2D eigenvalue weighted by Gasteiger charge is -2.41. The van der Waals surface area contributed by atoms with Gasteiger partial charge in [-0.15, -0.1) is 0 Å². The number of nitrogens with one attached hydrogen (secondary N) is 2. The van der Waals surface area contributed by atoms with Crippen LogP contribution in [0.4, 0.5) is 13.6 Å². The Morgan fingerprint density at radius 3 is 1.89 bits per heavy atom. The van der Waals surface area contributed by atoms with E-state index in [4.69, 9.17) is 13.9 Å². The maximum absolute atomic E-state index is 14.2. The van der Waals surface area contributed by atoms with Gasteiger partial charge in [-0.3, -0.25) is 5.32 Å². The van der Waals surface area contributed by atoms with Crippen molar-refractivity contribution in [3.05, 3.63) is 35.4 Å². The minimum absolute atomic E-state index is 0.00900. The average molecular weight is 545 g/mol. The summed E-state index contributed by atoms with van der Waals surface area (Å²) in [7, 11) is -2.24. The van der Waals surface area contributed by atoms with Gasteiger partial charge < -0.3 is 19.2 Å². The standard InChI is InChI=1S/C27H46F2N2O5Si/c1-18(2)35-22(32)27(10,17-34-37(11,12)25(6,7)8)30-16-26(9,31-23(33)36-24(3,4)5)19-13-20(28)15-21(29)14-19/h13-15,18,30H,16-17H2,1-12H3,(H,31,33). The van der Waals surface area contributed by atoms with Gasteiger partial charge in [0.15, 0.2) is 8.32 Å². The highest BCUT2D eigenvalue weighted by Gasteiger charge is 2.44. The molecule has 0 radical (unpaired) electrons. The summed E-state index contributed by atoms with van der Waals surface area (Å²) in [6.45, 7) is 22.2. The molecule has 212 valence electrons. The van der Waals surface area contributed by atoms with Gasteiger partial charge in [-0.2, -0.15) is 0 Å². The summed E-state index contributed by atoms with van der Waals surface area (Å²) in [5, 5.41) is 5.81. The molecular weight excluding hydrogens is 498 g/mol. The summed E-state index contributed by atoms with van der Waals surface area (Å²) in [5.41, 5.74) is -3.31. The number of carbonyl (C=O) groups is 2. The topological polar surface area (TPSA) is 85.9 Å². The van der Waals surface area contributed by atoms with Crippen LogP contribution in [0.3, 0.4) is 0 Å². The normalized spacial score (nSPS) is 16.1. The molecule has 1 rings (SSSR count). The Morgan fingerprint density at radius 1 is 0.946 bits per heavy atom. The van der Waals surface area contributed by atoms with Crippen LogP contribution >= 0.6 is 0 Å². The van der Waals surface area contributed by atoms with E-state index in [2.05, 4.69) is 44.5 Å². The molecule has 1 amide bonds. The maximum Gasteiger partial charge on any atom is 0.408 e. The summed E-state index contributed by atoms with van der Waals surface area (Å²) in [6.07, 6.45) is -1.14. The van der Waals surface area contributed by atoms with Gasteiger partial charge in [0.05, 0.1) is 18.2 Å². The molecular formula is C27H46F2N2O5Si. The van der Waals surface area contributed by atoms with Gasteiger partial charge in [0, 0.05) is 12.6 Å². The molecule has 2 atom stereocenters. The summed E-state index contributed by atoms with van der Waals surface area (Å²) < 4.78 is 45.7. The summed E-state index contributed by atoms with van der Waals surface area (Å²) in [4.78, 5) is 26.0. The number of hydrogen-bond donors (Lipinski definition) is 2. The van der Waals surface area contributed by atoms with E-state index in [1.165, 1.54) is 0 Å². The zero-order valence-electron chi connectivity index (χ0n) is 24.5. The van der Waals surface area contributed by atoms with Crippen LogP contribution in [0.5, 0.6) is 0 Å². The van der Waals surface area contributed by atoms with Crippen LogP contribution in [0, 0.1) is 11.6 Å². The van der Waals surface area contributed by atoms with Crippen molar-refractivity contribution < 1.29 is 32.3 Å². The number of alkyl carbamates (subject to hydrolysis) is 1. The monoisotopic (exact) mass is 544 g/mol. The fourth-order valence-corrected chi connectivity index (χ4v) is 4.14. The third-order valence-electron chi connectivity index (χ3n) is 6.43. The molecule has 0 bridgehead atoms. The molecule has 2 unspecified atom stereocenters. The van der Waals surface area contributed by atoms with Crippen molar-refractivity contribution in [2.75, 3.05) is 13.2 Å². The van der Waals surface area contributed by atoms with E-state index < -0.39 is 48.7 Å². The fourth-order valence-electron chi connectivity index (χ4n) is 3.06. The zero-order valence-corrected chi connectivity index (χ0v) is 25.5. The lowest BCUT2D eigenvalue weighted by Crippen LogP contribution is -2.62. The maximum atomic E-state index is 14.2. The predicted octanol–water partition coefficient (Wildman–Crippen LogP) is 6.03. The van der Waals surface area contributed by atoms with E-state index in [0.29, 0.717) is 0 Å². The molecule has 0 spiro atoms. The zero-order chi connectivity index (χ0) is 29.0. The van der Waals surface area contributed by atoms with Crippen molar-refractivity contribution in [1.82, 2.24) is 10.6 Å². The molecule has 10 heteroatoms. The Kier molecular flexibility index (Phi) is 10.5. The third-order valence-corrected chi connectivity index (χ3v) is 10.9. The van der Waals surface area contributed by atoms with Gasteiger partial charge in [0.25, 0.3) is 0 Å². The van der Waals surface area contributed by atoms with Crippen LogP contribution in [0.15, 0.2) is 18.2 Å². The van der Waals surface area contributed by atoms with Gasteiger partial charge in [0.1, 0.15) is 22.8 Å². The first-order chi connectivity index (χ1) is 16.5. The predicted molar refractivity (Wildman–Crippen MR) is 144 cm³/mol. The lowest BCUT2D eigenvalue weighted by atomic mass is 9.90. The Bertz CT molecular complexity index is 939. The van der Waals surface area contributed by atoms with E-state index in [9.17, 15) is 18.4 Å². The molecule has 7 nitrogen and oxygen atoms in total. The van der Waals surface area contributed by atoms with Crippen LogP contribution in [0.25, 0.3) is 0 Å². The van der Waals surface area contributed by atoms with Crippen LogP contribution < -0.4 is 10.6 Å². The quantitative estimate of drug-likeness (QED) is 0.276. The number of benzene rings is 1. The molecule has 1 aromatic rings. The smallest absolute Gasteiger partial charge is 0.408 e. The number of hydrogen-bond acceptors (Lipinski definition) is 6. The van der Waals surface area contributed by atoms with E-state index in [1.807, 2.05) is 0 Å². The summed E-state index contributed by atoms with van der Waals surface area (Å²) >= 11 is 0. The Morgan fingerprint density at radius 2 is 1.46 bits per heavy atom. The van der Waals surface area contributed by atoms with Crippen LogP contribution in [0.1, 0.15) is 74.8 Å². The molecule has 0 aliphatic heterocycles. The van der Waals surface area contributed by atoms with Crippen molar-refractivity contribution >= 4 is 20.4 Å². The molecule has 0 aliphatic rings. The number of halogens is 2. The summed E-state index contributed by atoms with van der Waals surface area (Å²) in [5.74, 6) is -2.13. The molecule has 0 heterocycles. The number of esters is 1. The fraction of sp³-hybridized carbons (Fsp3) is 0.704. The van der Waals surface area contributed by atoms with Crippen molar-refractivity contribution in [3.8, 4) is 0 Å². The molecule has 0 fully saturated rings. The minimum Gasteiger partial charge on any atom is -0.462 e. The second-order valence-electron chi connectivity index (χ2n) is 12.8. The second kappa shape index (κ2) is 11.8. The first kappa shape index (κ1) is 33.0. The van der Waals surface area contributed by atoms with Gasteiger partial charge in [-0.25, -0.2) is 18.4 Å². The van der Waals surface area contributed by atoms with Gasteiger partial charge in [-0.1, -0.05) is 20.8 Å². The van der Waals surface area contributed by atoms with Gasteiger partial charge in [0.2, 0.25) is 0 Å². The summed E-state index contributed by atoms with van der Waals surface area (Å²) in [6, 6.07) is 3.03. The Labute approximate surface area is 222 Å². The number of carbonyl (C=O) groups excluding carboxylic acids is 2. The van der Waals surface area contributed by atoms with E-state index in [1.54, 1.807) is 48.5 Å². The molecule has 37 heavy (non-hydrogen) atoms. The SMILES string of the molecule is CC(C)OC(=O)C(C)(CO[Si](C)(C)C(C)(C)C)NCC(C)(NC(=O)OC(C)(C)C)c1cc(F)cc(F)c1. The van der Waals surface area contributed by atoms with E-state index in [0.717, 1.165) is 18.2 Å². The minimum atomic E-state index is -2.24. The van der Waals surface area contributed by atoms with Gasteiger partial charge in [-0.05, 0) is 84.3 Å². The largest absolute Gasteiger partial charge is 0.462 e. The highest BCUT2D eigenvalue weighted by Crippen LogP contribution is 2.37. The average Bonchev–Trinajstić information content (AvgIpc) is 2.67. The highest BCUT2D eigenvalue weighted by atomic mass is 28.4. The van der Waals surface area contributed by atoms with Crippen molar-refractivity contribution in [3.63, 3.8) is 0 Å². The molecule has 0 aliphatic carbocycles. The number of amides is 1. The molecule has 0 saturated heterocycles. The van der Waals surface area contributed by atoms with Crippen LogP contribution in [-0.4, -0.2) is 50.8 Å². The first-order valence-electron chi connectivity index (χ1n) is 12.6. The van der Waals surface area contributed by atoms with E-state index in [-0.39, 0.29) is 29.9 Å². The lowest BCUT2D eigenvalue weighted by molar-refractivity contribution is -0.156. The van der Waals surface area contributed by atoms with Crippen molar-refractivity contribution in [2.45, 2.75) is 110 Å². The van der Waals surface area contributed by atoms with Gasteiger partial charge >= 0.3 is 12.1 Å². The molecule has 0 saturated carbocycles. The second-order valence-corrected chi connectivity index (χ2v) is 17.6. The third kappa shape index (κ3) is 9.98. The Balaban J connectivity index is 3.40. The molecule has 0 aromatic heterocycles. The van der Waals surface area contributed by atoms with Crippen LogP contribution in [0.2, 0.25) is 18.1 Å². The number of rotatable bonds is 10. The van der Waals surface area contributed by atoms with Crippen LogP contribution in [-0.2, 0) is 24.2 Å². The Hall–Kier alpha value is -2.04.